The molecule has 0 saturated heterocycles. The summed E-state index contributed by atoms with van der Waals surface area (Å²) in [6.07, 6.45) is 0. The summed E-state index contributed by atoms with van der Waals surface area (Å²) in [7, 11) is 1.55. The monoisotopic (exact) mass is 372 g/mol. The van der Waals surface area contributed by atoms with Crippen molar-refractivity contribution in [3.63, 3.8) is 0 Å². The molecule has 0 aromatic heterocycles. The Bertz CT molecular complexity index is 781. The van der Waals surface area contributed by atoms with Crippen molar-refractivity contribution in [2.45, 2.75) is 6.54 Å². The zero-order chi connectivity index (χ0) is 17.1. The van der Waals surface area contributed by atoms with Gasteiger partial charge in [0, 0.05) is 30.7 Å². The molecule has 0 aliphatic carbocycles. The molecule has 0 fully saturated rings. The second-order valence-corrected chi connectivity index (χ2v) is 5.99. The van der Waals surface area contributed by atoms with Gasteiger partial charge in [-0.05, 0) is 23.8 Å². The summed E-state index contributed by atoms with van der Waals surface area (Å²) < 4.78 is 0. The van der Waals surface area contributed by atoms with E-state index in [1.807, 2.05) is 0 Å². The Balaban J connectivity index is 2.26. The molecular formula is C15H11Cl3N2O3. The number of rotatable bonds is 4. The lowest BCUT2D eigenvalue weighted by molar-refractivity contribution is -0.384. The first-order valence-corrected chi connectivity index (χ1v) is 7.57. The lowest BCUT2D eigenvalue weighted by atomic mass is 10.1. The number of benzene rings is 2. The fourth-order valence-electron chi connectivity index (χ4n) is 2.00. The molecule has 0 atom stereocenters. The molecule has 1 amide bonds. The molecule has 5 nitrogen and oxygen atoms in total. The van der Waals surface area contributed by atoms with Crippen molar-refractivity contribution in [3.05, 3.63) is 72.7 Å². The van der Waals surface area contributed by atoms with E-state index in [4.69, 9.17) is 34.8 Å². The van der Waals surface area contributed by atoms with Gasteiger partial charge in [-0.2, -0.15) is 0 Å². The summed E-state index contributed by atoms with van der Waals surface area (Å²) in [5, 5.41) is 11.6. The largest absolute Gasteiger partial charge is 0.337 e. The fourth-order valence-corrected chi connectivity index (χ4v) is 2.56. The third kappa shape index (κ3) is 3.93. The van der Waals surface area contributed by atoms with E-state index in [1.54, 1.807) is 25.2 Å². The quantitative estimate of drug-likeness (QED) is 0.569. The number of hydrogen-bond donors (Lipinski definition) is 0. The Hall–Kier alpha value is -1.82. The van der Waals surface area contributed by atoms with Gasteiger partial charge in [-0.15, -0.1) is 0 Å². The molecule has 2 aromatic carbocycles. The number of nitro benzene ring substituents is 1. The van der Waals surface area contributed by atoms with Crippen LogP contribution in [0.5, 0.6) is 0 Å². The molecule has 0 aliphatic rings. The molecule has 0 spiro atoms. The molecule has 2 rings (SSSR count). The maximum atomic E-state index is 12.5. The van der Waals surface area contributed by atoms with Crippen LogP contribution in [0, 0.1) is 10.1 Å². The van der Waals surface area contributed by atoms with Gasteiger partial charge in [-0.3, -0.25) is 14.9 Å². The number of hydrogen-bond acceptors (Lipinski definition) is 3. The molecule has 120 valence electrons. The van der Waals surface area contributed by atoms with Crippen molar-refractivity contribution in [1.29, 1.82) is 0 Å². The van der Waals surface area contributed by atoms with Crippen LogP contribution < -0.4 is 0 Å². The highest BCUT2D eigenvalue weighted by atomic mass is 35.5. The third-order valence-electron chi connectivity index (χ3n) is 3.18. The first kappa shape index (κ1) is 17.5. The Labute approximate surface area is 147 Å². The van der Waals surface area contributed by atoms with Crippen LogP contribution >= 0.6 is 34.8 Å². The minimum absolute atomic E-state index is 0.0916. The van der Waals surface area contributed by atoms with Crippen molar-refractivity contribution in [1.82, 2.24) is 4.90 Å². The van der Waals surface area contributed by atoms with Gasteiger partial charge in [0.05, 0.1) is 20.5 Å². The molecule has 0 radical (unpaired) electrons. The summed E-state index contributed by atoms with van der Waals surface area (Å²) in [5.74, 6) is -0.361. The maximum absolute atomic E-state index is 12.5. The minimum atomic E-state index is -0.518. The van der Waals surface area contributed by atoms with Crippen molar-refractivity contribution < 1.29 is 9.72 Å². The standard InChI is InChI=1S/C15H11Cl3N2O3/c1-19(15(21)11-3-2-4-13(17)14(11)18)8-9-7-10(20(22)23)5-6-12(9)16/h2-7H,8H2,1H3. The third-order valence-corrected chi connectivity index (χ3v) is 4.36. The molecule has 0 N–H and O–H groups in total. The molecule has 8 heteroatoms. The van der Waals surface area contributed by atoms with E-state index in [2.05, 4.69) is 0 Å². The molecule has 0 bridgehead atoms. The zero-order valence-corrected chi connectivity index (χ0v) is 14.2. The molecule has 0 unspecified atom stereocenters. The summed E-state index contributed by atoms with van der Waals surface area (Å²) >= 11 is 18.0. The minimum Gasteiger partial charge on any atom is -0.337 e. The Morgan fingerprint density at radius 2 is 1.87 bits per heavy atom. The second kappa shape index (κ2) is 7.17. The van der Waals surface area contributed by atoms with Crippen LogP contribution in [0.3, 0.4) is 0 Å². The molecule has 0 saturated carbocycles. The number of amides is 1. The number of nitro groups is 1. The van der Waals surface area contributed by atoms with Crippen molar-refractivity contribution in [3.8, 4) is 0 Å². The first-order chi connectivity index (χ1) is 10.8. The van der Waals surface area contributed by atoms with Crippen molar-refractivity contribution in [2.75, 3.05) is 7.05 Å². The Morgan fingerprint density at radius 1 is 1.17 bits per heavy atom. The van der Waals surface area contributed by atoms with E-state index in [1.165, 1.54) is 23.1 Å². The predicted octanol–water partition coefficient (Wildman–Crippen LogP) is 4.83. The van der Waals surface area contributed by atoms with Gasteiger partial charge in [0.1, 0.15) is 0 Å². The second-order valence-electron chi connectivity index (χ2n) is 4.80. The molecule has 0 aliphatic heterocycles. The Kier molecular flexibility index (Phi) is 5.46. The summed E-state index contributed by atoms with van der Waals surface area (Å²) in [6, 6.07) is 8.84. The van der Waals surface area contributed by atoms with Crippen molar-refractivity contribution in [2.24, 2.45) is 0 Å². The van der Waals surface area contributed by atoms with Gasteiger partial charge in [0.15, 0.2) is 0 Å². The number of carbonyl (C=O) groups excluding carboxylic acids is 1. The van der Waals surface area contributed by atoms with Gasteiger partial charge in [-0.1, -0.05) is 40.9 Å². The van der Waals surface area contributed by atoms with E-state index >= 15 is 0 Å². The van der Waals surface area contributed by atoms with Crippen LogP contribution in [-0.4, -0.2) is 22.8 Å². The molecule has 0 heterocycles. The average Bonchev–Trinajstić information content (AvgIpc) is 2.51. The normalized spacial score (nSPS) is 10.4. The maximum Gasteiger partial charge on any atom is 0.269 e. The fraction of sp³-hybridized carbons (Fsp3) is 0.133. The highest BCUT2D eigenvalue weighted by Gasteiger charge is 2.19. The number of carbonyl (C=O) groups is 1. The number of nitrogens with zero attached hydrogens (tertiary/aromatic N) is 2. The summed E-state index contributed by atoms with van der Waals surface area (Å²) in [5.41, 5.74) is 0.629. The van der Waals surface area contributed by atoms with E-state index < -0.39 is 4.92 Å². The highest BCUT2D eigenvalue weighted by molar-refractivity contribution is 6.43. The van der Waals surface area contributed by atoms with Crippen LogP contribution in [0.4, 0.5) is 5.69 Å². The lowest BCUT2D eigenvalue weighted by Gasteiger charge is -2.19. The van der Waals surface area contributed by atoms with Crippen LogP contribution in [0.15, 0.2) is 36.4 Å². The van der Waals surface area contributed by atoms with E-state index in [0.717, 1.165) is 0 Å². The molecule has 2 aromatic rings. The molecule has 23 heavy (non-hydrogen) atoms. The van der Waals surface area contributed by atoms with Gasteiger partial charge in [0.2, 0.25) is 0 Å². The topological polar surface area (TPSA) is 63.4 Å². The summed E-state index contributed by atoms with van der Waals surface area (Å²) in [6.45, 7) is 0.0994. The van der Waals surface area contributed by atoms with Crippen LogP contribution in [-0.2, 0) is 6.54 Å². The van der Waals surface area contributed by atoms with E-state index in [-0.39, 0.29) is 33.7 Å². The summed E-state index contributed by atoms with van der Waals surface area (Å²) in [4.78, 5) is 24.1. The Morgan fingerprint density at radius 3 is 2.52 bits per heavy atom. The van der Waals surface area contributed by atoms with E-state index in [0.29, 0.717) is 10.6 Å². The molecular weight excluding hydrogens is 363 g/mol. The van der Waals surface area contributed by atoms with Crippen LogP contribution in [0.25, 0.3) is 0 Å². The van der Waals surface area contributed by atoms with Gasteiger partial charge >= 0.3 is 0 Å². The van der Waals surface area contributed by atoms with Crippen molar-refractivity contribution >= 4 is 46.4 Å². The lowest BCUT2D eigenvalue weighted by Crippen LogP contribution is -2.26. The highest BCUT2D eigenvalue weighted by Crippen LogP contribution is 2.28. The van der Waals surface area contributed by atoms with Gasteiger partial charge in [-0.25, -0.2) is 0 Å². The van der Waals surface area contributed by atoms with Crippen LogP contribution in [0.2, 0.25) is 15.1 Å². The van der Waals surface area contributed by atoms with Gasteiger partial charge in [0.25, 0.3) is 11.6 Å². The van der Waals surface area contributed by atoms with Gasteiger partial charge < -0.3 is 4.90 Å². The smallest absolute Gasteiger partial charge is 0.269 e. The predicted molar refractivity (Wildman–Crippen MR) is 90.4 cm³/mol. The van der Waals surface area contributed by atoms with Crippen LogP contribution in [0.1, 0.15) is 15.9 Å². The SMILES string of the molecule is CN(Cc1cc([N+](=O)[O-])ccc1Cl)C(=O)c1cccc(Cl)c1Cl. The average molecular weight is 374 g/mol. The zero-order valence-electron chi connectivity index (χ0n) is 11.9. The van der Waals surface area contributed by atoms with E-state index in [9.17, 15) is 14.9 Å². The first-order valence-electron chi connectivity index (χ1n) is 6.43. The number of halogens is 3. The number of non-ortho nitro benzene ring substituents is 1.